The summed E-state index contributed by atoms with van der Waals surface area (Å²) in [5.74, 6) is 0.985. The van der Waals surface area contributed by atoms with Crippen LogP contribution in [0.25, 0.3) is 11.8 Å². The molecule has 1 fully saturated rings. The Hall–Kier alpha value is -3.03. The maximum Gasteiger partial charge on any atom is 0.208 e. The van der Waals surface area contributed by atoms with Crippen LogP contribution < -0.4 is 10.6 Å². The van der Waals surface area contributed by atoms with Crippen molar-refractivity contribution in [2.24, 2.45) is 0 Å². The van der Waals surface area contributed by atoms with Crippen LogP contribution in [0.5, 0.6) is 0 Å². The minimum atomic E-state index is -3.65. The summed E-state index contributed by atoms with van der Waals surface area (Å²) >= 11 is 0. The van der Waals surface area contributed by atoms with E-state index in [4.69, 9.17) is 0 Å². The lowest BCUT2D eigenvalue weighted by Crippen LogP contribution is -2.46. The molecule has 1 saturated heterocycles. The molecule has 3 heterocycles. The molecule has 0 atom stereocenters. The van der Waals surface area contributed by atoms with Gasteiger partial charge in [0.2, 0.25) is 9.84 Å². The van der Waals surface area contributed by atoms with E-state index < -0.39 is 9.84 Å². The highest BCUT2D eigenvalue weighted by Crippen LogP contribution is 2.34. The average Bonchev–Trinajstić information content (AvgIpc) is 3.20. The summed E-state index contributed by atoms with van der Waals surface area (Å²) in [6.45, 7) is 4.21. The van der Waals surface area contributed by atoms with Crippen LogP contribution in [0.15, 0.2) is 82.5 Å². The molecule has 7 heteroatoms. The van der Waals surface area contributed by atoms with Crippen LogP contribution in [0.4, 0.5) is 0 Å². The molecule has 5 rings (SSSR count). The zero-order chi connectivity index (χ0) is 20.6. The van der Waals surface area contributed by atoms with E-state index in [0.29, 0.717) is 16.3 Å². The van der Waals surface area contributed by atoms with Crippen molar-refractivity contribution in [1.82, 2.24) is 20.1 Å². The lowest BCUT2D eigenvalue weighted by atomic mass is 10.1. The van der Waals surface area contributed by atoms with Crippen LogP contribution in [0.3, 0.4) is 0 Å². The molecule has 0 aliphatic carbocycles. The van der Waals surface area contributed by atoms with Gasteiger partial charge in [0, 0.05) is 43.6 Å². The van der Waals surface area contributed by atoms with E-state index in [0.717, 1.165) is 48.9 Å². The van der Waals surface area contributed by atoms with Crippen LogP contribution in [0, 0.1) is 0 Å². The van der Waals surface area contributed by atoms with Crippen molar-refractivity contribution in [2.75, 3.05) is 26.2 Å². The molecule has 2 N–H and O–H groups in total. The first-order valence-corrected chi connectivity index (χ1v) is 11.6. The summed E-state index contributed by atoms with van der Waals surface area (Å²) in [6.07, 6.45) is 3.76. The lowest BCUT2D eigenvalue weighted by Gasteiger charge is -2.33. The quantitative estimate of drug-likeness (QED) is 0.679. The third-order valence-corrected chi connectivity index (χ3v) is 7.46. The monoisotopic (exact) mass is 420 g/mol. The first kappa shape index (κ1) is 19.0. The number of sulfone groups is 1. The molecular weight excluding hydrogens is 396 g/mol. The van der Waals surface area contributed by atoms with Gasteiger partial charge in [0.15, 0.2) is 0 Å². The minimum Gasteiger partial charge on any atom is -0.366 e. The predicted molar refractivity (Wildman–Crippen MR) is 117 cm³/mol. The van der Waals surface area contributed by atoms with E-state index in [1.807, 2.05) is 47.0 Å². The van der Waals surface area contributed by atoms with E-state index in [2.05, 4.69) is 15.5 Å². The van der Waals surface area contributed by atoms with Crippen LogP contribution in [-0.2, 0) is 16.4 Å². The first-order chi connectivity index (χ1) is 14.6. The van der Waals surface area contributed by atoms with Crippen molar-refractivity contribution in [1.29, 1.82) is 0 Å². The molecule has 2 aromatic carbocycles. The summed E-state index contributed by atoms with van der Waals surface area (Å²) in [5.41, 5.74) is 2.67. The Bertz CT molecular complexity index is 1180. The summed E-state index contributed by atoms with van der Waals surface area (Å²) in [4.78, 5) is 2.94. The predicted octanol–water partition coefficient (Wildman–Crippen LogP) is 2.62. The van der Waals surface area contributed by atoms with Crippen molar-refractivity contribution in [3.63, 3.8) is 0 Å². The third-order valence-electron chi connectivity index (χ3n) is 5.67. The molecule has 1 aromatic heterocycles. The SMILES string of the molecule is O=S(=O)(c1ccccc1)c1cn(-c2ccccc2)c2c1C=C(N1CCNCC1)NC2. The molecule has 0 unspecified atom stereocenters. The summed E-state index contributed by atoms with van der Waals surface area (Å²) in [6, 6.07) is 18.5. The summed E-state index contributed by atoms with van der Waals surface area (Å²) < 4.78 is 29.1. The number of benzene rings is 2. The largest absolute Gasteiger partial charge is 0.366 e. The second-order valence-electron chi connectivity index (χ2n) is 7.50. The molecule has 0 radical (unpaired) electrons. The van der Waals surface area contributed by atoms with Crippen LogP contribution in [0.1, 0.15) is 11.3 Å². The highest BCUT2D eigenvalue weighted by molar-refractivity contribution is 7.91. The first-order valence-electron chi connectivity index (χ1n) is 10.2. The fourth-order valence-corrected chi connectivity index (χ4v) is 5.58. The highest BCUT2D eigenvalue weighted by Gasteiger charge is 2.29. The van der Waals surface area contributed by atoms with Gasteiger partial charge in [-0.25, -0.2) is 8.42 Å². The van der Waals surface area contributed by atoms with Gasteiger partial charge >= 0.3 is 0 Å². The van der Waals surface area contributed by atoms with Gasteiger partial charge in [0.1, 0.15) is 5.82 Å². The maximum absolute atomic E-state index is 13.5. The molecule has 2 aliphatic heterocycles. The number of fused-ring (bicyclic) bond motifs is 1. The van der Waals surface area contributed by atoms with Gasteiger partial charge in [-0.1, -0.05) is 36.4 Å². The van der Waals surface area contributed by atoms with E-state index in [9.17, 15) is 8.42 Å². The topological polar surface area (TPSA) is 66.4 Å². The molecule has 30 heavy (non-hydrogen) atoms. The van der Waals surface area contributed by atoms with Crippen molar-refractivity contribution >= 4 is 15.9 Å². The molecular formula is C23H24N4O2S. The Kier molecular flexibility index (Phi) is 4.84. The van der Waals surface area contributed by atoms with Gasteiger partial charge in [0.05, 0.1) is 22.0 Å². The molecule has 154 valence electrons. The standard InChI is InChI=1S/C23H24N4O2S/c28-30(29,19-9-5-2-6-10-19)22-17-27(18-7-3-1-4-8-18)21-16-25-23(15-20(21)22)26-13-11-24-12-14-26/h1-10,15,17,24-25H,11-14,16H2. The van der Waals surface area contributed by atoms with Crippen molar-refractivity contribution < 1.29 is 8.42 Å². The Balaban J connectivity index is 1.68. The number of hydrogen-bond acceptors (Lipinski definition) is 5. The fourth-order valence-electron chi connectivity index (χ4n) is 4.10. The maximum atomic E-state index is 13.5. The number of rotatable bonds is 4. The summed E-state index contributed by atoms with van der Waals surface area (Å²) in [7, 11) is -3.65. The van der Waals surface area contributed by atoms with Crippen LogP contribution >= 0.6 is 0 Å². The van der Waals surface area contributed by atoms with Crippen molar-refractivity contribution in [3.05, 3.63) is 83.9 Å². The fraction of sp³-hybridized carbons (Fsp3) is 0.217. The highest BCUT2D eigenvalue weighted by atomic mass is 32.2. The molecule has 6 nitrogen and oxygen atoms in total. The van der Waals surface area contributed by atoms with E-state index in [1.54, 1.807) is 30.5 Å². The normalized spacial score (nSPS) is 16.5. The van der Waals surface area contributed by atoms with Gasteiger partial charge < -0.3 is 20.1 Å². The van der Waals surface area contributed by atoms with Crippen LogP contribution in [-0.4, -0.2) is 44.1 Å². The number of nitrogens with one attached hydrogen (secondary N) is 2. The molecule has 0 saturated carbocycles. The Labute approximate surface area is 176 Å². The third kappa shape index (κ3) is 3.30. The molecule has 3 aromatic rings. The number of aromatic nitrogens is 1. The summed E-state index contributed by atoms with van der Waals surface area (Å²) in [5, 5.41) is 6.86. The van der Waals surface area contributed by atoms with Gasteiger partial charge in [-0.05, 0) is 30.3 Å². The van der Waals surface area contributed by atoms with Gasteiger partial charge in [-0.2, -0.15) is 0 Å². The van der Waals surface area contributed by atoms with Crippen molar-refractivity contribution in [2.45, 2.75) is 16.3 Å². The zero-order valence-corrected chi connectivity index (χ0v) is 17.4. The van der Waals surface area contributed by atoms with Gasteiger partial charge in [-0.3, -0.25) is 0 Å². The minimum absolute atomic E-state index is 0.314. The number of piperazine rings is 1. The van der Waals surface area contributed by atoms with E-state index >= 15 is 0 Å². The van der Waals surface area contributed by atoms with E-state index in [-0.39, 0.29) is 0 Å². The van der Waals surface area contributed by atoms with Crippen LogP contribution in [0.2, 0.25) is 0 Å². The second kappa shape index (κ2) is 7.66. The average molecular weight is 421 g/mol. The Morgan fingerprint density at radius 3 is 2.23 bits per heavy atom. The van der Waals surface area contributed by atoms with Gasteiger partial charge in [-0.15, -0.1) is 0 Å². The second-order valence-corrected chi connectivity index (χ2v) is 9.41. The zero-order valence-electron chi connectivity index (χ0n) is 16.6. The number of hydrogen-bond donors (Lipinski definition) is 2. The number of para-hydroxylation sites is 1. The van der Waals surface area contributed by atoms with Crippen molar-refractivity contribution in [3.8, 4) is 5.69 Å². The lowest BCUT2D eigenvalue weighted by molar-refractivity contribution is 0.281. The molecule has 0 spiro atoms. The Morgan fingerprint density at radius 1 is 0.867 bits per heavy atom. The molecule has 2 aliphatic rings. The Morgan fingerprint density at radius 2 is 1.53 bits per heavy atom. The smallest absolute Gasteiger partial charge is 0.208 e. The van der Waals surface area contributed by atoms with E-state index in [1.165, 1.54) is 0 Å². The number of nitrogens with zero attached hydrogens (tertiary/aromatic N) is 2. The molecule has 0 amide bonds. The van der Waals surface area contributed by atoms with Gasteiger partial charge in [0.25, 0.3) is 0 Å². The molecule has 0 bridgehead atoms.